The van der Waals surface area contributed by atoms with Crippen molar-refractivity contribution in [3.05, 3.63) is 24.3 Å². The van der Waals surface area contributed by atoms with Crippen LogP contribution in [-0.2, 0) is 0 Å². The third kappa shape index (κ3) is 0.797. The van der Waals surface area contributed by atoms with Crippen LogP contribution in [0.15, 0.2) is 18.7 Å². The number of nitrogens with zero attached hydrogens (tertiary/aromatic N) is 1. The number of aldehydes is 1. The number of aromatic nitrogens is 3. The van der Waals surface area contributed by atoms with Crippen LogP contribution in [0.1, 0.15) is 10.4 Å². The lowest BCUT2D eigenvalue weighted by Crippen LogP contribution is -2.00. The van der Waals surface area contributed by atoms with Crippen LogP contribution in [0, 0.1) is 0 Å². The van der Waals surface area contributed by atoms with Crippen LogP contribution in [0.25, 0.3) is 11.0 Å². The lowest BCUT2D eigenvalue weighted by atomic mass is 10.3. The zero-order valence-electron chi connectivity index (χ0n) is 5.66. The maximum Gasteiger partial charge on any atom is 0.286 e. The van der Waals surface area contributed by atoms with Crippen LogP contribution in [0.5, 0.6) is 0 Å². The van der Waals surface area contributed by atoms with Crippen molar-refractivity contribution in [2.45, 2.75) is 0 Å². The van der Waals surface area contributed by atoms with Gasteiger partial charge in [-0.25, -0.2) is 4.98 Å². The lowest BCUT2D eigenvalue weighted by Gasteiger charge is -1.78. The molecule has 11 heavy (non-hydrogen) atoms. The Morgan fingerprint density at radius 2 is 2.55 bits per heavy atom. The van der Waals surface area contributed by atoms with E-state index in [0.29, 0.717) is 5.56 Å². The van der Waals surface area contributed by atoms with Crippen LogP contribution in [0.4, 0.5) is 0 Å². The highest BCUT2D eigenvalue weighted by Crippen LogP contribution is 2.10. The minimum atomic E-state index is 0.629. The smallest absolute Gasteiger partial charge is 0.286 e. The molecule has 0 radical (unpaired) electrons. The normalized spacial score (nSPS) is 10.2. The SMILES string of the molecule is O=Cc1c[nH]c2nc[nH+]cc12. The standard InChI is InChI=1S/C7H5N3O/c11-3-5-1-9-7-6(5)2-8-4-10-7/h1-4H,(H,8,9,10)/p+1. The Labute approximate surface area is 62.3 Å². The first-order chi connectivity index (χ1) is 5.42. The fourth-order valence-corrected chi connectivity index (χ4v) is 1.02. The molecule has 2 heterocycles. The Morgan fingerprint density at radius 1 is 1.64 bits per heavy atom. The number of hydrogen-bond donors (Lipinski definition) is 1. The average molecular weight is 148 g/mol. The molecule has 4 nitrogen and oxygen atoms in total. The maximum absolute atomic E-state index is 10.4. The molecule has 2 rings (SSSR count). The first-order valence-electron chi connectivity index (χ1n) is 3.20. The number of carbonyl (C=O) groups is 1. The molecule has 0 unspecified atom stereocenters. The first kappa shape index (κ1) is 6.03. The van der Waals surface area contributed by atoms with Gasteiger partial charge in [0.2, 0.25) is 0 Å². The molecular formula is C7H6N3O+. The summed E-state index contributed by atoms with van der Waals surface area (Å²) in [5.74, 6) is 0. The van der Waals surface area contributed by atoms with Gasteiger partial charge in [0.15, 0.2) is 6.29 Å². The van der Waals surface area contributed by atoms with Crippen molar-refractivity contribution in [1.82, 2.24) is 9.97 Å². The van der Waals surface area contributed by atoms with E-state index in [4.69, 9.17) is 0 Å². The topological polar surface area (TPSA) is 59.9 Å². The molecule has 0 aliphatic heterocycles. The van der Waals surface area contributed by atoms with Crippen molar-refractivity contribution in [1.29, 1.82) is 0 Å². The second-order valence-electron chi connectivity index (χ2n) is 2.19. The summed E-state index contributed by atoms with van der Waals surface area (Å²) in [7, 11) is 0. The predicted molar refractivity (Wildman–Crippen MR) is 38.0 cm³/mol. The molecule has 0 spiro atoms. The zero-order chi connectivity index (χ0) is 7.68. The fourth-order valence-electron chi connectivity index (χ4n) is 1.02. The predicted octanol–water partition coefficient (Wildman–Crippen LogP) is 0.189. The third-order valence-corrected chi connectivity index (χ3v) is 1.55. The zero-order valence-corrected chi connectivity index (χ0v) is 5.66. The molecule has 0 bridgehead atoms. The Kier molecular flexibility index (Phi) is 1.18. The highest BCUT2D eigenvalue weighted by atomic mass is 16.1. The Morgan fingerprint density at radius 3 is 3.36 bits per heavy atom. The molecule has 0 aromatic carbocycles. The average Bonchev–Trinajstić information content (AvgIpc) is 2.47. The first-order valence-corrected chi connectivity index (χ1v) is 3.20. The van der Waals surface area contributed by atoms with E-state index in [1.165, 1.54) is 0 Å². The van der Waals surface area contributed by atoms with Gasteiger partial charge in [-0.15, -0.1) is 0 Å². The molecule has 0 saturated carbocycles. The van der Waals surface area contributed by atoms with E-state index in [-0.39, 0.29) is 0 Å². The minimum Gasteiger partial charge on any atom is -0.325 e. The molecule has 0 fully saturated rings. The van der Waals surface area contributed by atoms with Gasteiger partial charge in [-0.2, -0.15) is 0 Å². The van der Waals surface area contributed by atoms with Gasteiger partial charge in [-0.3, -0.25) is 4.79 Å². The van der Waals surface area contributed by atoms with Gasteiger partial charge < -0.3 is 4.98 Å². The van der Waals surface area contributed by atoms with Crippen molar-refractivity contribution in [2.75, 3.05) is 0 Å². The molecular weight excluding hydrogens is 142 g/mol. The Balaban J connectivity index is 2.86. The Bertz CT molecular complexity index is 393. The second-order valence-corrected chi connectivity index (χ2v) is 2.19. The highest BCUT2D eigenvalue weighted by molar-refractivity contribution is 5.94. The number of aromatic amines is 2. The summed E-state index contributed by atoms with van der Waals surface area (Å²) in [6.45, 7) is 0. The summed E-state index contributed by atoms with van der Waals surface area (Å²) < 4.78 is 0. The van der Waals surface area contributed by atoms with Gasteiger partial charge in [0, 0.05) is 11.8 Å². The quantitative estimate of drug-likeness (QED) is 0.587. The number of H-pyrrole nitrogens is 2. The van der Waals surface area contributed by atoms with Crippen LogP contribution in [0.3, 0.4) is 0 Å². The van der Waals surface area contributed by atoms with Crippen LogP contribution < -0.4 is 4.98 Å². The highest BCUT2D eigenvalue weighted by Gasteiger charge is 2.06. The van der Waals surface area contributed by atoms with E-state index < -0.39 is 0 Å². The van der Waals surface area contributed by atoms with Crippen molar-refractivity contribution >= 4 is 17.3 Å². The summed E-state index contributed by atoms with van der Waals surface area (Å²) in [5, 5.41) is 0.822. The summed E-state index contributed by atoms with van der Waals surface area (Å²) in [6, 6.07) is 0. The van der Waals surface area contributed by atoms with E-state index in [1.807, 2.05) is 0 Å². The van der Waals surface area contributed by atoms with Crippen molar-refractivity contribution < 1.29 is 9.78 Å². The van der Waals surface area contributed by atoms with Crippen LogP contribution >= 0.6 is 0 Å². The van der Waals surface area contributed by atoms with Crippen molar-refractivity contribution in [2.24, 2.45) is 0 Å². The van der Waals surface area contributed by atoms with Crippen LogP contribution in [-0.4, -0.2) is 16.3 Å². The summed E-state index contributed by atoms with van der Waals surface area (Å²) in [5.41, 5.74) is 1.36. The van der Waals surface area contributed by atoms with Crippen molar-refractivity contribution in [3.63, 3.8) is 0 Å². The van der Waals surface area contributed by atoms with Gasteiger partial charge in [0.1, 0.15) is 6.20 Å². The van der Waals surface area contributed by atoms with E-state index in [0.717, 1.165) is 17.3 Å². The largest absolute Gasteiger partial charge is 0.325 e. The Hall–Kier alpha value is -1.71. The lowest BCUT2D eigenvalue weighted by molar-refractivity contribution is -0.380. The third-order valence-electron chi connectivity index (χ3n) is 1.55. The maximum atomic E-state index is 10.4. The van der Waals surface area contributed by atoms with Gasteiger partial charge in [0.05, 0.1) is 5.39 Å². The van der Waals surface area contributed by atoms with E-state index in [9.17, 15) is 4.79 Å². The monoisotopic (exact) mass is 148 g/mol. The van der Waals surface area contributed by atoms with E-state index >= 15 is 0 Å². The number of rotatable bonds is 1. The summed E-state index contributed by atoms with van der Waals surface area (Å²) in [6.07, 6.45) is 5.74. The molecule has 0 aliphatic carbocycles. The molecule has 2 aromatic heterocycles. The minimum absolute atomic E-state index is 0.629. The molecule has 0 amide bonds. The van der Waals surface area contributed by atoms with Gasteiger partial charge in [-0.05, 0) is 4.98 Å². The van der Waals surface area contributed by atoms with Gasteiger partial charge >= 0.3 is 0 Å². The van der Waals surface area contributed by atoms with Crippen LogP contribution in [0.2, 0.25) is 0 Å². The summed E-state index contributed by atoms with van der Waals surface area (Å²) >= 11 is 0. The molecule has 0 saturated heterocycles. The number of carbonyl (C=O) groups excluding carboxylic acids is 1. The van der Waals surface area contributed by atoms with E-state index in [1.54, 1.807) is 18.7 Å². The molecule has 0 atom stereocenters. The van der Waals surface area contributed by atoms with Gasteiger partial charge in [-0.1, -0.05) is 0 Å². The molecule has 0 aliphatic rings. The molecule has 2 N–H and O–H groups in total. The van der Waals surface area contributed by atoms with E-state index in [2.05, 4.69) is 15.0 Å². The number of nitrogens with one attached hydrogen (secondary N) is 2. The number of hydrogen-bond acceptors (Lipinski definition) is 2. The molecule has 2 aromatic rings. The van der Waals surface area contributed by atoms with Gasteiger partial charge in [0.25, 0.3) is 12.0 Å². The van der Waals surface area contributed by atoms with Crippen molar-refractivity contribution in [3.8, 4) is 0 Å². The molecule has 4 heteroatoms. The second kappa shape index (κ2) is 2.16. The number of fused-ring (bicyclic) bond motifs is 1. The fraction of sp³-hybridized carbons (Fsp3) is 0. The summed E-state index contributed by atoms with van der Waals surface area (Å²) in [4.78, 5) is 20.1. The molecule has 54 valence electrons.